The number of methoxy groups -OCH3 is 1. The lowest BCUT2D eigenvalue weighted by Gasteiger charge is -2.33. The lowest BCUT2D eigenvalue weighted by molar-refractivity contribution is -0.140. The largest absolute Gasteiger partial charge is 0.497 e. The molecule has 0 aliphatic rings. The summed E-state index contributed by atoms with van der Waals surface area (Å²) in [6, 6.07) is 17.4. The molecule has 3 aromatic rings. The number of nitrogens with zero attached hydrogens (tertiary/aromatic N) is 2. The van der Waals surface area contributed by atoms with Crippen molar-refractivity contribution in [2.24, 2.45) is 0 Å². The number of hydrogen-bond acceptors (Lipinski definition) is 5. The molecule has 220 valence electrons. The smallest absolute Gasteiger partial charge is 0.264 e. The average Bonchev–Trinajstić information content (AvgIpc) is 2.96. The van der Waals surface area contributed by atoms with Crippen molar-refractivity contribution >= 4 is 27.5 Å². The summed E-state index contributed by atoms with van der Waals surface area (Å²) in [5, 5.41) is 2.93. The van der Waals surface area contributed by atoms with Gasteiger partial charge in [-0.25, -0.2) is 12.8 Å². The zero-order chi connectivity index (χ0) is 30.2. The van der Waals surface area contributed by atoms with Gasteiger partial charge in [0, 0.05) is 18.7 Å². The van der Waals surface area contributed by atoms with Gasteiger partial charge in [0.1, 0.15) is 24.2 Å². The number of ether oxygens (including phenoxy) is 1. The first kappa shape index (κ1) is 31.6. The predicted molar refractivity (Wildman–Crippen MR) is 158 cm³/mol. The Morgan fingerprint density at radius 2 is 1.63 bits per heavy atom. The van der Waals surface area contributed by atoms with Gasteiger partial charge in [-0.15, -0.1) is 0 Å². The Balaban J connectivity index is 2.07. The van der Waals surface area contributed by atoms with Crippen molar-refractivity contribution in [2.45, 2.75) is 64.1 Å². The third kappa shape index (κ3) is 8.07. The van der Waals surface area contributed by atoms with E-state index in [1.807, 2.05) is 20.8 Å². The van der Waals surface area contributed by atoms with Crippen LogP contribution in [0.2, 0.25) is 0 Å². The lowest BCUT2D eigenvalue weighted by Crippen LogP contribution is -2.53. The molecule has 10 heteroatoms. The Kier molecular flexibility index (Phi) is 10.9. The standard InChI is InChI=1S/C31H38FN3O5S/c1-6-23(4)33-31(37)29(7-2)34(20-24-13-15-25(32)16-14-24)30(36)21-35(26-9-8-10-27(19-26)40-5)41(38,39)28-17-11-22(3)12-18-28/h8-19,23,29H,6-7,20-21H2,1-5H3,(H,33,37)/t23-,29-/m1/s1. The molecule has 0 fully saturated rings. The van der Waals surface area contributed by atoms with E-state index in [2.05, 4.69) is 5.32 Å². The van der Waals surface area contributed by atoms with Gasteiger partial charge in [0.2, 0.25) is 11.8 Å². The van der Waals surface area contributed by atoms with Gasteiger partial charge in [-0.1, -0.05) is 49.7 Å². The van der Waals surface area contributed by atoms with Crippen LogP contribution in [-0.2, 0) is 26.2 Å². The second-order valence-electron chi connectivity index (χ2n) is 9.92. The van der Waals surface area contributed by atoms with E-state index in [0.717, 1.165) is 9.87 Å². The van der Waals surface area contributed by atoms with Gasteiger partial charge in [-0.2, -0.15) is 0 Å². The van der Waals surface area contributed by atoms with Crippen molar-refractivity contribution < 1.29 is 27.1 Å². The number of hydrogen-bond donors (Lipinski definition) is 1. The number of carbonyl (C=O) groups is 2. The van der Waals surface area contributed by atoms with E-state index in [0.29, 0.717) is 24.2 Å². The molecule has 1 N–H and O–H groups in total. The molecule has 0 aliphatic heterocycles. The van der Waals surface area contributed by atoms with Crippen LogP contribution in [0.15, 0.2) is 77.7 Å². The van der Waals surface area contributed by atoms with E-state index in [-0.39, 0.29) is 29.1 Å². The molecular weight excluding hydrogens is 545 g/mol. The maximum atomic E-state index is 14.1. The Bertz CT molecular complexity index is 1430. The Morgan fingerprint density at radius 1 is 0.976 bits per heavy atom. The fourth-order valence-corrected chi connectivity index (χ4v) is 5.68. The molecular formula is C31H38FN3O5S. The van der Waals surface area contributed by atoms with Crippen LogP contribution in [0, 0.1) is 12.7 Å². The molecule has 0 saturated heterocycles. The molecule has 0 spiro atoms. The van der Waals surface area contributed by atoms with Crippen molar-refractivity contribution in [1.82, 2.24) is 10.2 Å². The summed E-state index contributed by atoms with van der Waals surface area (Å²) in [5.41, 5.74) is 1.72. The van der Waals surface area contributed by atoms with Crippen LogP contribution in [0.4, 0.5) is 10.1 Å². The van der Waals surface area contributed by atoms with Crippen LogP contribution < -0.4 is 14.4 Å². The summed E-state index contributed by atoms with van der Waals surface area (Å²) >= 11 is 0. The first-order chi connectivity index (χ1) is 19.5. The summed E-state index contributed by atoms with van der Waals surface area (Å²) in [6.07, 6.45) is 0.992. The van der Waals surface area contributed by atoms with E-state index in [4.69, 9.17) is 4.74 Å². The fourth-order valence-electron chi connectivity index (χ4n) is 4.28. The Morgan fingerprint density at radius 3 is 2.22 bits per heavy atom. The van der Waals surface area contributed by atoms with Gasteiger partial charge in [0.05, 0.1) is 17.7 Å². The first-order valence-corrected chi connectivity index (χ1v) is 15.0. The zero-order valence-corrected chi connectivity index (χ0v) is 24.9. The Labute approximate surface area is 242 Å². The minimum Gasteiger partial charge on any atom is -0.497 e. The van der Waals surface area contributed by atoms with Gasteiger partial charge >= 0.3 is 0 Å². The number of aryl methyl sites for hydroxylation is 1. The van der Waals surface area contributed by atoms with E-state index in [1.54, 1.807) is 37.3 Å². The minimum atomic E-state index is -4.20. The SMILES string of the molecule is CC[C@@H](C)NC(=O)[C@@H](CC)N(Cc1ccc(F)cc1)C(=O)CN(c1cccc(OC)c1)S(=O)(=O)c1ccc(C)cc1. The zero-order valence-electron chi connectivity index (χ0n) is 24.1. The van der Waals surface area contributed by atoms with Crippen molar-refractivity contribution in [3.05, 3.63) is 89.7 Å². The number of sulfonamides is 1. The van der Waals surface area contributed by atoms with Crippen LogP contribution in [0.1, 0.15) is 44.7 Å². The number of halogens is 1. The van der Waals surface area contributed by atoms with Crippen molar-refractivity contribution in [3.8, 4) is 5.75 Å². The van der Waals surface area contributed by atoms with Gasteiger partial charge < -0.3 is 15.0 Å². The number of anilines is 1. The normalized spacial score (nSPS) is 12.7. The summed E-state index contributed by atoms with van der Waals surface area (Å²) in [6.45, 7) is 6.86. The lowest BCUT2D eigenvalue weighted by atomic mass is 10.1. The molecule has 2 amide bonds. The minimum absolute atomic E-state index is 0.0118. The molecule has 0 bridgehead atoms. The highest BCUT2D eigenvalue weighted by atomic mass is 32.2. The topological polar surface area (TPSA) is 96.0 Å². The second kappa shape index (κ2) is 14.1. The molecule has 0 heterocycles. The van der Waals surface area contributed by atoms with E-state index < -0.39 is 34.3 Å². The van der Waals surface area contributed by atoms with E-state index in [1.165, 1.54) is 54.5 Å². The average molecular weight is 584 g/mol. The number of carbonyl (C=O) groups excluding carboxylic acids is 2. The van der Waals surface area contributed by atoms with Gasteiger partial charge in [0.25, 0.3) is 10.0 Å². The molecule has 0 aliphatic carbocycles. The summed E-state index contributed by atoms with van der Waals surface area (Å²) < 4.78 is 47.9. The van der Waals surface area contributed by atoms with Gasteiger partial charge in [0.15, 0.2) is 0 Å². The molecule has 8 nitrogen and oxygen atoms in total. The summed E-state index contributed by atoms with van der Waals surface area (Å²) in [5.74, 6) is -0.936. The summed E-state index contributed by atoms with van der Waals surface area (Å²) in [7, 11) is -2.73. The second-order valence-corrected chi connectivity index (χ2v) is 11.8. The monoisotopic (exact) mass is 583 g/mol. The molecule has 2 atom stereocenters. The molecule has 0 unspecified atom stereocenters. The predicted octanol–water partition coefficient (Wildman–Crippen LogP) is 5.06. The number of nitrogens with one attached hydrogen (secondary N) is 1. The van der Waals surface area contributed by atoms with Crippen LogP contribution in [0.25, 0.3) is 0 Å². The maximum Gasteiger partial charge on any atom is 0.264 e. The Hall–Kier alpha value is -3.92. The van der Waals surface area contributed by atoms with E-state index in [9.17, 15) is 22.4 Å². The molecule has 3 rings (SSSR count). The van der Waals surface area contributed by atoms with Gasteiger partial charge in [-0.3, -0.25) is 13.9 Å². The third-order valence-electron chi connectivity index (χ3n) is 6.88. The molecule has 41 heavy (non-hydrogen) atoms. The maximum absolute atomic E-state index is 14.1. The summed E-state index contributed by atoms with van der Waals surface area (Å²) in [4.78, 5) is 28.8. The number of benzene rings is 3. The molecule has 3 aromatic carbocycles. The van der Waals surface area contributed by atoms with Crippen molar-refractivity contribution in [2.75, 3.05) is 18.0 Å². The van der Waals surface area contributed by atoms with Gasteiger partial charge in [-0.05, 0) is 68.7 Å². The van der Waals surface area contributed by atoms with Crippen LogP contribution in [-0.4, -0.2) is 50.9 Å². The van der Waals surface area contributed by atoms with E-state index >= 15 is 0 Å². The van der Waals surface area contributed by atoms with Crippen molar-refractivity contribution in [1.29, 1.82) is 0 Å². The highest BCUT2D eigenvalue weighted by Crippen LogP contribution is 2.28. The molecule has 0 saturated carbocycles. The van der Waals surface area contributed by atoms with Crippen molar-refractivity contribution in [3.63, 3.8) is 0 Å². The molecule has 0 radical (unpaired) electrons. The van der Waals surface area contributed by atoms with Crippen LogP contribution in [0.3, 0.4) is 0 Å². The highest BCUT2D eigenvalue weighted by molar-refractivity contribution is 7.92. The molecule has 0 aromatic heterocycles. The van der Waals surface area contributed by atoms with Crippen LogP contribution in [0.5, 0.6) is 5.75 Å². The number of amides is 2. The third-order valence-corrected chi connectivity index (χ3v) is 8.67. The van der Waals surface area contributed by atoms with Crippen LogP contribution >= 0.6 is 0 Å². The number of rotatable bonds is 13. The highest BCUT2D eigenvalue weighted by Gasteiger charge is 2.34. The fraction of sp³-hybridized carbons (Fsp3) is 0.355. The quantitative estimate of drug-likeness (QED) is 0.304. The first-order valence-electron chi connectivity index (χ1n) is 13.6.